The van der Waals surface area contributed by atoms with Crippen LogP contribution < -0.4 is 5.73 Å². The van der Waals surface area contributed by atoms with Gasteiger partial charge in [0.05, 0.1) is 0 Å². The van der Waals surface area contributed by atoms with Crippen molar-refractivity contribution in [2.75, 3.05) is 5.73 Å². The summed E-state index contributed by atoms with van der Waals surface area (Å²) in [5.41, 5.74) is 6.48. The maximum Gasteiger partial charge on any atom is 0.196 e. The topological polar surface area (TPSA) is 69.1 Å². The molecular weight excluding hydrogens is 190 g/mol. The molecule has 78 valence electrons. The monoisotopic (exact) mass is 203 g/mol. The zero-order chi connectivity index (χ0) is 10.3. The number of anilines is 1. The molecule has 1 aliphatic carbocycles. The second-order valence-corrected chi connectivity index (χ2v) is 4.03. The van der Waals surface area contributed by atoms with E-state index in [1.54, 1.807) is 10.7 Å². The third-order valence-corrected chi connectivity index (χ3v) is 3.02. The Kier molecular flexibility index (Phi) is 1.83. The van der Waals surface area contributed by atoms with Gasteiger partial charge < -0.3 is 5.73 Å². The molecule has 0 saturated heterocycles. The predicted octanol–water partition coefficient (Wildman–Crippen LogP) is 1.36. The average Bonchev–Trinajstić information content (AvgIpc) is 2.88. The van der Waals surface area contributed by atoms with Crippen LogP contribution in [0, 0.1) is 0 Å². The first-order valence-electron chi connectivity index (χ1n) is 5.31. The number of nitrogen functional groups attached to an aromatic ring is 1. The van der Waals surface area contributed by atoms with Gasteiger partial charge in [-0.1, -0.05) is 12.8 Å². The lowest BCUT2D eigenvalue weighted by atomic mass is 10.1. The zero-order valence-corrected chi connectivity index (χ0v) is 8.43. The van der Waals surface area contributed by atoms with Crippen molar-refractivity contribution in [1.29, 1.82) is 0 Å². The molecule has 0 spiro atoms. The van der Waals surface area contributed by atoms with Crippen molar-refractivity contribution in [3.63, 3.8) is 0 Å². The third kappa shape index (κ3) is 1.35. The molecule has 0 radical (unpaired) electrons. The maximum atomic E-state index is 5.83. The number of hydrogen-bond acceptors (Lipinski definition) is 4. The molecule has 15 heavy (non-hydrogen) atoms. The largest absolute Gasteiger partial charge is 0.380 e. The lowest BCUT2D eigenvalue weighted by molar-refractivity contribution is 0.641. The van der Waals surface area contributed by atoms with Crippen molar-refractivity contribution >= 4 is 11.5 Å². The van der Waals surface area contributed by atoms with E-state index in [4.69, 9.17) is 5.73 Å². The van der Waals surface area contributed by atoms with Gasteiger partial charge in [0.1, 0.15) is 0 Å². The van der Waals surface area contributed by atoms with Crippen molar-refractivity contribution in [1.82, 2.24) is 19.6 Å². The fourth-order valence-electron chi connectivity index (χ4n) is 2.22. The second-order valence-electron chi connectivity index (χ2n) is 4.03. The van der Waals surface area contributed by atoms with Gasteiger partial charge in [0.2, 0.25) is 0 Å². The molecule has 0 bridgehead atoms. The lowest BCUT2D eigenvalue weighted by Gasteiger charge is -2.08. The first kappa shape index (κ1) is 8.64. The van der Waals surface area contributed by atoms with Crippen LogP contribution in [0.3, 0.4) is 0 Å². The van der Waals surface area contributed by atoms with Crippen LogP contribution in [-0.2, 0) is 0 Å². The Morgan fingerprint density at radius 2 is 2.13 bits per heavy atom. The number of rotatable bonds is 1. The van der Waals surface area contributed by atoms with Crippen LogP contribution in [0.1, 0.15) is 37.4 Å². The van der Waals surface area contributed by atoms with Crippen LogP contribution in [0.15, 0.2) is 12.4 Å². The van der Waals surface area contributed by atoms with E-state index >= 15 is 0 Å². The molecule has 2 heterocycles. The van der Waals surface area contributed by atoms with Crippen molar-refractivity contribution in [3.8, 4) is 0 Å². The van der Waals surface area contributed by atoms with E-state index < -0.39 is 0 Å². The highest BCUT2D eigenvalue weighted by Gasteiger charge is 2.21. The third-order valence-electron chi connectivity index (χ3n) is 3.02. The summed E-state index contributed by atoms with van der Waals surface area (Å²) in [5.74, 6) is 1.84. The van der Waals surface area contributed by atoms with Crippen molar-refractivity contribution in [3.05, 3.63) is 18.2 Å². The molecule has 2 N–H and O–H groups in total. The Bertz CT molecular complexity index is 484. The van der Waals surface area contributed by atoms with E-state index in [9.17, 15) is 0 Å². The van der Waals surface area contributed by atoms with E-state index in [2.05, 4.69) is 15.1 Å². The molecule has 0 unspecified atom stereocenters. The van der Waals surface area contributed by atoms with E-state index in [0.29, 0.717) is 17.4 Å². The van der Waals surface area contributed by atoms with Gasteiger partial charge in [0.15, 0.2) is 17.3 Å². The molecule has 2 aromatic rings. The van der Waals surface area contributed by atoms with Crippen LogP contribution in [0.5, 0.6) is 0 Å². The minimum Gasteiger partial charge on any atom is -0.380 e. The van der Waals surface area contributed by atoms with Crippen molar-refractivity contribution < 1.29 is 0 Å². The molecular formula is C10H13N5. The Hall–Kier alpha value is -1.65. The fraction of sp³-hybridized carbons (Fsp3) is 0.500. The molecule has 3 rings (SSSR count). The molecule has 5 nitrogen and oxygen atoms in total. The molecule has 0 aliphatic heterocycles. The normalized spacial score (nSPS) is 17.6. The quantitative estimate of drug-likeness (QED) is 0.759. The van der Waals surface area contributed by atoms with E-state index in [-0.39, 0.29) is 0 Å². The summed E-state index contributed by atoms with van der Waals surface area (Å²) in [7, 11) is 0. The van der Waals surface area contributed by atoms with Gasteiger partial charge in [-0.2, -0.15) is 5.10 Å². The first-order chi connectivity index (χ1) is 7.34. The van der Waals surface area contributed by atoms with Gasteiger partial charge in [-0.15, -0.1) is 0 Å². The Balaban J connectivity index is 2.11. The van der Waals surface area contributed by atoms with Gasteiger partial charge in [-0.25, -0.2) is 14.5 Å². The molecule has 0 atom stereocenters. The highest BCUT2D eigenvalue weighted by molar-refractivity contribution is 5.58. The molecule has 5 heteroatoms. The highest BCUT2D eigenvalue weighted by atomic mass is 15.3. The van der Waals surface area contributed by atoms with Gasteiger partial charge in [0, 0.05) is 18.3 Å². The lowest BCUT2D eigenvalue weighted by Crippen LogP contribution is -2.08. The van der Waals surface area contributed by atoms with E-state index in [1.165, 1.54) is 25.7 Å². The summed E-state index contributed by atoms with van der Waals surface area (Å²) < 4.78 is 1.72. The van der Waals surface area contributed by atoms with Gasteiger partial charge >= 0.3 is 0 Å². The minimum atomic E-state index is 0.483. The van der Waals surface area contributed by atoms with E-state index in [0.717, 1.165) is 5.82 Å². The van der Waals surface area contributed by atoms with Crippen LogP contribution in [-0.4, -0.2) is 19.6 Å². The van der Waals surface area contributed by atoms with Crippen LogP contribution in [0.25, 0.3) is 5.65 Å². The molecule has 0 aromatic carbocycles. The maximum absolute atomic E-state index is 5.83. The van der Waals surface area contributed by atoms with E-state index in [1.807, 2.05) is 6.20 Å². The number of fused-ring (bicyclic) bond motifs is 1. The Morgan fingerprint density at radius 3 is 2.93 bits per heavy atom. The summed E-state index contributed by atoms with van der Waals surface area (Å²) >= 11 is 0. The minimum absolute atomic E-state index is 0.483. The standard InChI is InChI=1S/C10H13N5/c11-8-10-12-5-6-15(10)14-9(13-8)7-3-1-2-4-7/h5-7H,1-4H2,(H2,11,13,14). The molecule has 2 aromatic heterocycles. The smallest absolute Gasteiger partial charge is 0.196 e. The number of imidazole rings is 1. The Labute approximate surface area is 87.3 Å². The van der Waals surface area contributed by atoms with Crippen LogP contribution >= 0.6 is 0 Å². The zero-order valence-electron chi connectivity index (χ0n) is 8.43. The molecule has 1 fully saturated rings. The van der Waals surface area contributed by atoms with Gasteiger partial charge in [-0.3, -0.25) is 0 Å². The second kappa shape index (κ2) is 3.18. The first-order valence-corrected chi connectivity index (χ1v) is 5.31. The summed E-state index contributed by atoms with van der Waals surface area (Å²) in [6.07, 6.45) is 8.41. The summed E-state index contributed by atoms with van der Waals surface area (Å²) in [4.78, 5) is 8.44. The average molecular weight is 203 g/mol. The van der Waals surface area contributed by atoms with Crippen LogP contribution in [0.2, 0.25) is 0 Å². The summed E-state index contributed by atoms with van der Waals surface area (Å²) in [6.45, 7) is 0. The molecule has 1 saturated carbocycles. The number of hydrogen-bond donors (Lipinski definition) is 1. The highest BCUT2D eigenvalue weighted by Crippen LogP contribution is 2.32. The van der Waals surface area contributed by atoms with Crippen molar-refractivity contribution in [2.24, 2.45) is 0 Å². The molecule has 1 aliphatic rings. The summed E-state index contributed by atoms with van der Waals surface area (Å²) in [5, 5.41) is 4.44. The number of nitrogens with two attached hydrogens (primary N) is 1. The fourth-order valence-corrected chi connectivity index (χ4v) is 2.22. The number of nitrogens with zero attached hydrogens (tertiary/aromatic N) is 4. The summed E-state index contributed by atoms with van der Waals surface area (Å²) in [6, 6.07) is 0. The number of aromatic nitrogens is 4. The molecule has 0 amide bonds. The Morgan fingerprint density at radius 1 is 1.33 bits per heavy atom. The predicted molar refractivity (Wildman–Crippen MR) is 56.4 cm³/mol. The van der Waals surface area contributed by atoms with Crippen molar-refractivity contribution in [2.45, 2.75) is 31.6 Å². The van der Waals surface area contributed by atoms with Gasteiger partial charge in [0.25, 0.3) is 0 Å². The SMILES string of the molecule is Nc1nc(C2CCCC2)nn2ccnc12. The van der Waals surface area contributed by atoms with Gasteiger partial charge in [-0.05, 0) is 12.8 Å². The van der Waals surface area contributed by atoms with Crippen LogP contribution in [0.4, 0.5) is 5.82 Å².